The van der Waals surface area contributed by atoms with E-state index in [1.165, 1.54) is 24.9 Å². The summed E-state index contributed by atoms with van der Waals surface area (Å²) in [5.74, 6) is 0.954. The van der Waals surface area contributed by atoms with Crippen molar-refractivity contribution >= 4 is 11.4 Å². The highest BCUT2D eigenvalue weighted by molar-refractivity contribution is 5.79. The third-order valence-corrected chi connectivity index (χ3v) is 4.28. The lowest BCUT2D eigenvalue weighted by molar-refractivity contribution is 0.240. The van der Waals surface area contributed by atoms with E-state index in [9.17, 15) is 0 Å². The van der Waals surface area contributed by atoms with Gasteiger partial charge in [-0.25, -0.2) is 0 Å². The average Bonchev–Trinajstić information content (AvgIpc) is 2.34. The van der Waals surface area contributed by atoms with Crippen LogP contribution < -0.4 is 15.0 Å². The molecule has 3 heteroatoms. The standard InChI is InChI=1S/C14H20N2O/c1-3-16-11-6-4-7-12(17-2)13(11)15-10-14(16)8-5-9-14/h4,6-7,15H,3,5,8-10H2,1-2H3. The Balaban J connectivity index is 2.05. The summed E-state index contributed by atoms with van der Waals surface area (Å²) in [4.78, 5) is 2.56. The molecule has 0 unspecified atom stereocenters. The van der Waals surface area contributed by atoms with Crippen LogP contribution in [0.15, 0.2) is 18.2 Å². The molecule has 1 saturated carbocycles. The number of fused-ring (bicyclic) bond motifs is 1. The number of benzene rings is 1. The van der Waals surface area contributed by atoms with Crippen LogP contribution in [0.3, 0.4) is 0 Å². The quantitative estimate of drug-likeness (QED) is 0.848. The molecule has 0 atom stereocenters. The van der Waals surface area contributed by atoms with Crippen LogP contribution in [0.25, 0.3) is 0 Å². The first-order valence-electron chi connectivity index (χ1n) is 6.49. The zero-order chi connectivity index (χ0) is 11.9. The Morgan fingerprint density at radius 2 is 2.24 bits per heavy atom. The predicted molar refractivity (Wildman–Crippen MR) is 71.1 cm³/mol. The van der Waals surface area contributed by atoms with E-state index in [1.807, 2.05) is 6.07 Å². The molecule has 1 aromatic carbocycles. The van der Waals surface area contributed by atoms with E-state index >= 15 is 0 Å². The maximum Gasteiger partial charge on any atom is 0.144 e. The summed E-state index contributed by atoms with van der Waals surface area (Å²) in [5.41, 5.74) is 2.83. The van der Waals surface area contributed by atoms with Crippen LogP contribution in [0.1, 0.15) is 26.2 Å². The molecular formula is C14H20N2O. The van der Waals surface area contributed by atoms with Gasteiger partial charge in [-0.3, -0.25) is 0 Å². The summed E-state index contributed by atoms with van der Waals surface area (Å²) >= 11 is 0. The van der Waals surface area contributed by atoms with E-state index in [2.05, 4.69) is 29.3 Å². The largest absolute Gasteiger partial charge is 0.495 e. The van der Waals surface area contributed by atoms with Gasteiger partial charge < -0.3 is 15.0 Å². The molecule has 17 heavy (non-hydrogen) atoms. The maximum absolute atomic E-state index is 5.44. The second-order valence-electron chi connectivity index (χ2n) is 5.03. The summed E-state index contributed by atoms with van der Waals surface area (Å²) < 4.78 is 5.44. The van der Waals surface area contributed by atoms with Gasteiger partial charge in [0, 0.05) is 13.1 Å². The fraction of sp³-hybridized carbons (Fsp3) is 0.571. The van der Waals surface area contributed by atoms with E-state index < -0.39 is 0 Å². The van der Waals surface area contributed by atoms with Crippen LogP contribution in [-0.2, 0) is 0 Å². The second kappa shape index (κ2) is 3.83. The Hall–Kier alpha value is -1.38. The zero-order valence-electron chi connectivity index (χ0n) is 10.6. The molecule has 0 bridgehead atoms. The summed E-state index contributed by atoms with van der Waals surface area (Å²) in [5, 5.41) is 3.57. The number of nitrogens with zero attached hydrogens (tertiary/aromatic N) is 1. The fourth-order valence-corrected chi connectivity index (χ4v) is 3.23. The van der Waals surface area contributed by atoms with Crippen molar-refractivity contribution in [2.45, 2.75) is 31.7 Å². The van der Waals surface area contributed by atoms with Crippen LogP contribution >= 0.6 is 0 Å². The molecule has 0 radical (unpaired) electrons. The van der Waals surface area contributed by atoms with Gasteiger partial charge in [-0.05, 0) is 38.3 Å². The Labute approximate surface area is 103 Å². The SMILES string of the molecule is CCN1c2cccc(OC)c2NCC12CCC2. The molecule has 0 saturated heterocycles. The van der Waals surface area contributed by atoms with E-state index in [-0.39, 0.29) is 0 Å². The van der Waals surface area contributed by atoms with Crippen molar-refractivity contribution in [3.05, 3.63) is 18.2 Å². The van der Waals surface area contributed by atoms with Crippen LogP contribution in [0, 0.1) is 0 Å². The number of methoxy groups -OCH3 is 1. The highest BCUT2D eigenvalue weighted by Crippen LogP contribution is 2.48. The highest BCUT2D eigenvalue weighted by atomic mass is 16.5. The summed E-state index contributed by atoms with van der Waals surface area (Å²) in [6, 6.07) is 6.31. The normalized spacial score (nSPS) is 20.5. The lowest BCUT2D eigenvalue weighted by Crippen LogP contribution is -2.60. The molecule has 1 aliphatic carbocycles. The van der Waals surface area contributed by atoms with Gasteiger partial charge in [0.15, 0.2) is 0 Å². The van der Waals surface area contributed by atoms with Crippen LogP contribution in [-0.4, -0.2) is 25.7 Å². The van der Waals surface area contributed by atoms with E-state index in [0.29, 0.717) is 5.54 Å². The van der Waals surface area contributed by atoms with Gasteiger partial charge >= 0.3 is 0 Å². The zero-order valence-corrected chi connectivity index (χ0v) is 10.6. The Morgan fingerprint density at radius 3 is 2.82 bits per heavy atom. The Bertz CT molecular complexity index is 426. The minimum Gasteiger partial charge on any atom is -0.495 e. The second-order valence-corrected chi connectivity index (χ2v) is 5.03. The van der Waals surface area contributed by atoms with Gasteiger partial charge in [0.2, 0.25) is 0 Å². The molecule has 1 heterocycles. The predicted octanol–water partition coefficient (Wildman–Crippen LogP) is 2.87. The molecule has 1 aliphatic heterocycles. The molecule has 2 aliphatic rings. The minimum absolute atomic E-state index is 0.369. The maximum atomic E-state index is 5.44. The lowest BCUT2D eigenvalue weighted by Gasteiger charge is -2.54. The first-order valence-corrected chi connectivity index (χ1v) is 6.49. The van der Waals surface area contributed by atoms with Crippen molar-refractivity contribution < 1.29 is 4.74 Å². The van der Waals surface area contributed by atoms with Crippen molar-refractivity contribution in [3.8, 4) is 5.75 Å². The number of likely N-dealkylation sites (N-methyl/N-ethyl adjacent to an activating group) is 1. The molecular weight excluding hydrogens is 212 g/mol. The van der Waals surface area contributed by atoms with Crippen LogP contribution in [0.5, 0.6) is 5.75 Å². The van der Waals surface area contributed by atoms with Crippen LogP contribution in [0.4, 0.5) is 11.4 Å². The number of para-hydroxylation sites is 1. The molecule has 0 amide bonds. The van der Waals surface area contributed by atoms with Crippen molar-refractivity contribution in [2.24, 2.45) is 0 Å². The number of nitrogens with one attached hydrogen (secondary N) is 1. The van der Waals surface area contributed by atoms with Crippen molar-refractivity contribution in [3.63, 3.8) is 0 Å². The molecule has 1 spiro atoms. The molecule has 3 rings (SSSR count). The van der Waals surface area contributed by atoms with Crippen molar-refractivity contribution in [1.29, 1.82) is 0 Å². The molecule has 3 nitrogen and oxygen atoms in total. The number of hydrogen-bond acceptors (Lipinski definition) is 3. The highest BCUT2D eigenvalue weighted by Gasteiger charge is 2.45. The average molecular weight is 232 g/mol. The first-order chi connectivity index (χ1) is 8.30. The molecule has 1 N–H and O–H groups in total. The molecule has 1 fully saturated rings. The van der Waals surface area contributed by atoms with E-state index in [1.54, 1.807) is 7.11 Å². The van der Waals surface area contributed by atoms with Gasteiger partial charge in [0.1, 0.15) is 11.4 Å². The smallest absolute Gasteiger partial charge is 0.144 e. The number of rotatable bonds is 2. The molecule has 1 aromatic rings. The summed E-state index contributed by atoms with van der Waals surface area (Å²) in [7, 11) is 1.74. The van der Waals surface area contributed by atoms with Crippen molar-refractivity contribution in [2.75, 3.05) is 30.4 Å². The third kappa shape index (κ3) is 1.41. The Morgan fingerprint density at radius 1 is 1.41 bits per heavy atom. The summed E-state index contributed by atoms with van der Waals surface area (Å²) in [6.07, 6.45) is 3.98. The van der Waals surface area contributed by atoms with Gasteiger partial charge in [-0.1, -0.05) is 6.07 Å². The number of ether oxygens (including phenoxy) is 1. The van der Waals surface area contributed by atoms with Gasteiger partial charge in [0.05, 0.1) is 18.3 Å². The fourth-order valence-electron chi connectivity index (χ4n) is 3.23. The topological polar surface area (TPSA) is 24.5 Å². The van der Waals surface area contributed by atoms with E-state index in [0.717, 1.165) is 24.5 Å². The lowest BCUT2D eigenvalue weighted by atomic mass is 9.73. The monoisotopic (exact) mass is 232 g/mol. The van der Waals surface area contributed by atoms with Crippen molar-refractivity contribution in [1.82, 2.24) is 0 Å². The number of anilines is 2. The molecule has 0 aromatic heterocycles. The summed E-state index contributed by atoms with van der Waals surface area (Å²) in [6.45, 7) is 4.37. The third-order valence-electron chi connectivity index (χ3n) is 4.28. The first kappa shape index (κ1) is 10.8. The van der Waals surface area contributed by atoms with Gasteiger partial charge in [-0.2, -0.15) is 0 Å². The van der Waals surface area contributed by atoms with Gasteiger partial charge in [0.25, 0.3) is 0 Å². The minimum atomic E-state index is 0.369. The van der Waals surface area contributed by atoms with Crippen LogP contribution in [0.2, 0.25) is 0 Å². The Kier molecular flexibility index (Phi) is 2.42. The molecule has 92 valence electrons. The van der Waals surface area contributed by atoms with E-state index in [4.69, 9.17) is 4.74 Å². The van der Waals surface area contributed by atoms with Gasteiger partial charge in [-0.15, -0.1) is 0 Å². The number of hydrogen-bond donors (Lipinski definition) is 1.